The number of nitrogens with zero attached hydrogens (tertiary/aromatic N) is 2. The smallest absolute Gasteiger partial charge is 0.0728 e. The summed E-state index contributed by atoms with van der Waals surface area (Å²) >= 11 is 0. The van der Waals surface area contributed by atoms with Crippen molar-refractivity contribution in [1.29, 1.82) is 0 Å². The van der Waals surface area contributed by atoms with Gasteiger partial charge >= 0.3 is 0 Å². The molecule has 2 aromatic rings. The lowest BCUT2D eigenvalue weighted by Gasteiger charge is -2.06. The summed E-state index contributed by atoms with van der Waals surface area (Å²) in [5.41, 5.74) is 3.83. The van der Waals surface area contributed by atoms with Gasteiger partial charge in [0.2, 0.25) is 0 Å². The molecule has 0 spiro atoms. The van der Waals surface area contributed by atoms with E-state index in [1.165, 1.54) is 22.2 Å². The molecule has 0 aliphatic heterocycles. The van der Waals surface area contributed by atoms with Crippen LogP contribution in [0.4, 0.5) is 0 Å². The average Bonchev–Trinajstić information content (AvgIpc) is 2.56. The Bertz CT molecular complexity index is 507. The van der Waals surface area contributed by atoms with E-state index >= 15 is 0 Å². The monoisotopic (exact) mass is 216 g/mol. The molecule has 2 rings (SSSR count). The number of rotatable bonds is 2. The molecule has 0 aliphatic carbocycles. The Kier molecular flexibility index (Phi) is 2.75. The van der Waals surface area contributed by atoms with Gasteiger partial charge in [-0.15, -0.1) is 0 Å². The molecule has 1 heterocycles. The fourth-order valence-electron chi connectivity index (χ4n) is 2.09. The maximum atomic E-state index is 4.61. The molecule has 1 aromatic carbocycles. The van der Waals surface area contributed by atoms with Crippen LogP contribution in [0.2, 0.25) is 0 Å². The lowest BCUT2D eigenvalue weighted by Crippen LogP contribution is -1.93. The van der Waals surface area contributed by atoms with E-state index in [4.69, 9.17) is 0 Å². The third kappa shape index (κ3) is 1.73. The molecule has 0 saturated heterocycles. The molecule has 0 fully saturated rings. The van der Waals surface area contributed by atoms with Gasteiger partial charge < -0.3 is 0 Å². The van der Waals surface area contributed by atoms with E-state index in [0.29, 0.717) is 11.8 Å². The van der Waals surface area contributed by atoms with Crippen molar-refractivity contribution >= 4 is 10.9 Å². The zero-order valence-corrected chi connectivity index (χ0v) is 10.8. The first-order valence-corrected chi connectivity index (χ1v) is 5.97. The molecule has 86 valence electrons. The van der Waals surface area contributed by atoms with Crippen LogP contribution in [-0.4, -0.2) is 9.78 Å². The Morgan fingerprint density at radius 2 is 1.75 bits per heavy atom. The molecule has 16 heavy (non-hydrogen) atoms. The number of aromatic nitrogens is 2. The standard InChI is InChI=1S/C14H20N2/c1-9(2)11-6-7-12-13(8-11)16(5)15-14(12)10(3)4/h6-10H,1-5H3. The second-order valence-corrected chi connectivity index (χ2v) is 5.09. The highest BCUT2D eigenvalue weighted by atomic mass is 15.3. The van der Waals surface area contributed by atoms with Crippen LogP contribution in [0.15, 0.2) is 18.2 Å². The Morgan fingerprint density at radius 1 is 1.06 bits per heavy atom. The zero-order chi connectivity index (χ0) is 11.9. The minimum atomic E-state index is 0.480. The van der Waals surface area contributed by atoms with Crippen LogP contribution in [0.5, 0.6) is 0 Å². The molecular formula is C14H20N2. The molecule has 0 N–H and O–H groups in total. The first kappa shape index (κ1) is 11.2. The topological polar surface area (TPSA) is 17.8 Å². The van der Waals surface area contributed by atoms with Crippen LogP contribution in [-0.2, 0) is 7.05 Å². The van der Waals surface area contributed by atoms with Gasteiger partial charge in [0.1, 0.15) is 0 Å². The van der Waals surface area contributed by atoms with E-state index < -0.39 is 0 Å². The van der Waals surface area contributed by atoms with E-state index in [2.05, 4.69) is 51.0 Å². The van der Waals surface area contributed by atoms with Crippen molar-refractivity contribution < 1.29 is 0 Å². The normalized spacial score (nSPS) is 11.9. The maximum Gasteiger partial charge on any atom is 0.0728 e. The summed E-state index contributed by atoms with van der Waals surface area (Å²) in [4.78, 5) is 0. The van der Waals surface area contributed by atoms with Gasteiger partial charge in [-0.1, -0.05) is 39.8 Å². The number of hydrogen-bond acceptors (Lipinski definition) is 1. The summed E-state index contributed by atoms with van der Waals surface area (Å²) in [5, 5.41) is 5.90. The Morgan fingerprint density at radius 3 is 2.31 bits per heavy atom. The number of aryl methyl sites for hydroxylation is 1. The summed E-state index contributed by atoms with van der Waals surface area (Å²) in [7, 11) is 2.03. The summed E-state index contributed by atoms with van der Waals surface area (Å²) < 4.78 is 2.00. The third-order valence-corrected chi connectivity index (χ3v) is 3.12. The minimum absolute atomic E-state index is 0.480. The molecule has 0 unspecified atom stereocenters. The van der Waals surface area contributed by atoms with Crippen molar-refractivity contribution in [2.45, 2.75) is 39.5 Å². The maximum absolute atomic E-state index is 4.61. The highest BCUT2D eigenvalue weighted by molar-refractivity contribution is 5.83. The van der Waals surface area contributed by atoms with Crippen molar-refractivity contribution in [3.05, 3.63) is 29.5 Å². The van der Waals surface area contributed by atoms with Crippen LogP contribution in [0.1, 0.15) is 50.8 Å². The predicted octanol–water partition coefficient (Wildman–Crippen LogP) is 3.82. The Labute approximate surface area is 97.3 Å². The summed E-state index contributed by atoms with van der Waals surface area (Å²) in [6.45, 7) is 8.83. The van der Waals surface area contributed by atoms with Gasteiger partial charge in [0.15, 0.2) is 0 Å². The number of fused-ring (bicyclic) bond motifs is 1. The average molecular weight is 216 g/mol. The Balaban J connectivity index is 2.67. The summed E-state index contributed by atoms with van der Waals surface area (Å²) in [6, 6.07) is 6.70. The van der Waals surface area contributed by atoms with Crippen LogP contribution in [0, 0.1) is 0 Å². The zero-order valence-electron chi connectivity index (χ0n) is 10.8. The molecule has 0 amide bonds. The SMILES string of the molecule is CC(C)c1ccc2c(C(C)C)nn(C)c2c1. The third-order valence-electron chi connectivity index (χ3n) is 3.12. The van der Waals surface area contributed by atoms with Gasteiger partial charge in [0.05, 0.1) is 11.2 Å². The van der Waals surface area contributed by atoms with E-state index in [1.54, 1.807) is 0 Å². The van der Waals surface area contributed by atoms with E-state index in [-0.39, 0.29) is 0 Å². The van der Waals surface area contributed by atoms with Gasteiger partial charge in [-0.2, -0.15) is 5.10 Å². The molecule has 2 nitrogen and oxygen atoms in total. The van der Waals surface area contributed by atoms with Crippen molar-refractivity contribution in [1.82, 2.24) is 9.78 Å². The van der Waals surface area contributed by atoms with Gasteiger partial charge in [-0.25, -0.2) is 0 Å². The van der Waals surface area contributed by atoms with E-state index in [0.717, 1.165) is 0 Å². The van der Waals surface area contributed by atoms with Crippen LogP contribution in [0.3, 0.4) is 0 Å². The highest BCUT2D eigenvalue weighted by Crippen LogP contribution is 2.27. The second-order valence-electron chi connectivity index (χ2n) is 5.09. The largest absolute Gasteiger partial charge is 0.268 e. The van der Waals surface area contributed by atoms with Crippen molar-refractivity contribution in [2.24, 2.45) is 7.05 Å². The lowest BCUT2D eigenvalue weighted by molar-refractivity contribution is 0.728. The van der Waals surface area contributed by atoms with E-state index in [9.17, 15) is 0 Å². The quantitative estimate of drug-likeness (QED) is 0.746. The summed E-state index contributed by atoms with van der Waals surface area (Å²) in [5.74, 6) is 1.05. The fourth-order valence-corrected chi connectivity index (χ4v) is 2.09. The second kappa shape index (κ2) is 3.93. The van der Waals surface area contributed by atoms with Crippen molar-refractivity contribution in [2.75, 3.05) is 0 Å². The molecule has 1 aromatic heterocycles. The van der Waals surface area contributed by atoms with Crippen LogP contribution in [0.25, 0.3) is 10.9 Å². The van der Waals surface area contributed by atoms with Gasteiger partial charge in [-0.05, 0) is 23.5 Å². The van der Waals surface area contributed by atoms with Gasteiger partial charge in [0, 0.05) is 12.4 Å². The molecular weight excluding hydrogens is 196 g/mol. The molecule has 2 heteroatoms. The molecule has 0 radical (unpaired) electrons. The van der Waals surface area contributed by atoms with Gasteiger partial charge in [0.25, 0.3) is 0 Å². The fraction of sp³-hybridized carbons (Fsp3) is 0.500. The molecule has 0 atom stereocenters. The first-order chi connectivity index (χ1) is 7.50. The molecule has 0 bridgehead atoms. The lowest BCUT2D eigenvalue weighted by atomic mass is 9.99. The highest BCUT2D eigenvalue weighted by Gasteiger charge is 2.12. The summed E-state index contributed by atoms with van der Waals surface area (Å²) in [6.07, 6.45) is 0. The molecule has 0 aliphatic rings. The molecule has 0 saturated carbocycles. The Hall–Kier alpha value is -1.31. The van der Waals surface area contributed by atoms with Crippen LogP contribution >= 0.6 is 0 Å². The van der Waals surface area contributed by atoms with Crippen LogP contribution < -0.4 is 0 Å². The van der Waals surface area contributed by atoms with Crippen molar-refractivity contribution in [3.8, 4) is 0 Å². The number of hydrogen-bond donors (Lipinski definition) is 0. The minimum Gasteiger partial charge on any atom is -0.268 e. The van der Waals surface area contributed by atoms with Gasteiger partial charge in [-0.3, -0.25) is 4.68 Å². The predicted molar refractivity (Wildman–Crippen MR) is 68.9 cm³/mol. The first-order valence-electron chi connectivity index (χ1n) is 5.97. The van der Waals surface area contributed by atoms with Crippen molar-refractivity contribution in [3.63, 3.8) is 0 Å². The van der Waals surface area contributed by atoms with E-state index in [1.807, 2.05) is 11.7 Å². The number of benzene rings is 1.